The summed E-state index contributed by atoms with van der Waals surface area (Å²) in [6.07, 6.45) is 13.8. The lowest BCUT2D eigenvalue weighted by Crippen LogP contribution is -2.23. The van der Waals surface area contributed by atoms with Gasteiger partial charge in [-0.1, -0.05) is 65.2 Å². The zero-order chi connectivity index (χ0) is 15.6. The summed E-state index contributed by atoms with van der Waals surface area (Å²) in [6, 6.07) is 0. The van der Waals surface area contributed by atoms with Crippen molar-refractivity contribution in [2.45, 2.75) is 90.9 Å². The minimum Gasteiger partial charge on any atom is -0.315 e. The van der Waals surface area contributed by atoms with Crippen molar-refractivity contribution >= 4 is 10.4 Å². The number of hydrogen-bond acceptors (Lipinski definition) is 4. The Morgan fingerprint density at radius 3 is 1.67 bits per heavy atom. The summed E-state index contributed by atoms with van der Waals surface area (Å²) in [6.45, 7) is 4.39. The number of hydrogen-bond donors (Lipinski definition) is 0. The van der Waals surface area contributed by atoms with Gasteiger partial charge < -0.3 is 8.37 Å². The normalized spacial score (nSPS) is 16.0. The Hall–Kier alpha value is -0.710. The number of allylic oxidation sites excluding steroid dienone is 1. The fourth-order valence-corrected chi connectivity index (χ4v) is 3.14. The molecule has 1 saturated heterocycles. The molecular formula is C16H30O4S. The Balaban J connectivity index is 2.32. The molecule has 5 heteroatoms. The van der Waals surface area contributed by atoms with E-state index in [0.717, 1.165) is 31.3 Å². The minimum atomic E-state index is -3.71. The molecular weight excluding hydrogens is 288 g/mol. The molecule has 0 saturated carbocycles. The van der Waals surface area contributed by atoms with Crippen LogP contribution in [-0.2, 0) is 18.8 Å². The molecule has 124 valence electrons. The first-order valence-corrected chi connectivity index (χ1v) is 9.78. The van der Waals surface area contributed by atoms with Gasteiger partial charge in [0.15, 0.2) is 0 Å². The average Bonchev–Trinajstić information content (AvgIpc) is 2.42. The van der Waals surface area contributed by atoms with E-state index >= 15 is 0 Å². The van der Waals surface area contributed by atoms with Crippen molar-refractivity contribution in [1.29, 1.82) is 0 Å². The summed E-state index contributed by atoms with van der Waals surface area (Å²) < 4.78 is 31.4. The van der Waals surface area contributed by atoms with E-state index in [-0.39, 0.29) is 5.95 Å². The van der Waals surface area contributed by atoms with Gasteiger partial charge in [0.2, 0.25) is 0 Å². The largest absolute Gasteiger partial charge is 0.506 e. The van der Waals surface area contributed by atoms with E-state index in [4.69, 9.17) is 8.37 Å². The second-order valence-corrected chi connectivity index (χ2v) is 6.94. The van der Waals surface area contributed by atoms with Crippen molar-refractivity contribution in [1.82, 2.24) is 0 Å². The highest BCUT2D eigenvalue weighted by Crippen LogP contribution is 2.31. The van der Waals surface area contributed by atoms with Crippen molar-refractivity contribution in [2.75, 3.05) is 0 Å². The molecule has 1 fully saturated rings. The molecule has 0 aliphatic carbocycles. The van der Waals surface area contributed by atoms with E-state index < -0.39 is 10.4 Å². The predicted octanol–water partition coefficient (Wildman–Crippen LogP) is 5.21. The standard InChI is InChI=1S/C16H30O4S/c1-3-5-7-9-10-12-14-15(13-11-8-6-4-2)16-19-21(17,18)20-16/h3-14H2,1-2H3. The van der Waals surface area contributed by atoms with Crippen molar-refractivity contribution in [3.8, 4) is 0 Å². The number of unbranched alkanes of at least 4 members (excludes halogenated alkanes) is 8. The Morgan fingerprint density at radius 2 is 1.19 bits per heavy atom. The van der Waals surface area contributed by atoms with Crippen LogP contribution in [0.4, 0.5) is 0 Å². The van der Waals surface area contributed by atoms with Crippen LogP contribution in [0.15, 0.2) is 11.5 Å². The van der Waals surface area contributed by atoms with E-state index in [0.29, 0.717) is 0 Å². The SMILES string of the molecule is CCCCCCCCC(CCCCCC)=C1OS(=O)(=O)O1. The fraction of sp³-hybridized carbons (Fsp3) is 0.875. The van der Waals surface area contributed by atoms with Crippen molar-refractivity contribution < 1.29 is 16.8 Å². The van der Waals surface area contributed by atoms with Crippen molar-refractivity contribution in [2.24, 2.45) is 0 Å². The molecule has 0 amide bonds. The van der Waals surface area contributed by atoms with Gasteiger partial charge in [-0.05, 0) is 25.7 Å². The second kappa shape index (κ2) is 10.1. The highest BCUT2D eigenvalue weighted by molar-refractivity contribution is 7.83. The molecule has 4 nitrogen and oxygen atoms in total. The van der Waals surface area contributed by atoms with Crippen LogP contribution in [0.25, 0.3) is 0 Å². The van der Waals surface area contributed by atoms with Crippen LogP contribution in [0.3, 0.4) is 0 Å². The van der Waals surface area contributed by atoms with Crippen LogP contribution in [0.5, 0.6) is 0 Å². The maximum Gasteiger partial charge on any atom is 0.506 e. The van der Waals surface area contributed by atoms with Crippen LogP contribution < -0.4 is 0 Å². The first-order valence-electron chi connectivity index (χ1n) is 8.45. The topological polar surface area (TPSA) is 52.6 Å². The van der Waals surface area contributed by atoms with E-state index in [9.17, 15) is 8.42 Å². The van der Waals surface area contributed by atoms with Crippen LogP contribution >= 0.6 is 0 Å². The second-order valence-electron chi connectivity index (χ2n) is 5.79. The summed E-state index contributed by atoms with van der Waals surface area (Å²) >= 11 is 0. The Kier molecular flexibility index (Phi) is 8.81. The van der Waals surface area contributed by atoms with Gasteiger partial charge in [-0.15, -0.1) is 8.42 Å². The van der Waals surface area contributed by atoms with Crippen molar-refractivity contribution in [3.63, 3.8) is 0 Å². The summed E-state index contributed by atoms with van der Waals surface area (Å²) in [5, 5.41) is 0. The molecule has 1 aliphatic rings. The van der Waals surface area contributed by atoms with Gasteiger partial charge in [0.1, 0.15) is 0 Å². The summed E-state index contributed by atoms with van der Waals surface area (Å²) in [5.41, 5.74) is 1.04. The van der Waals surface area contributed by atoms with Crippen LogP contribution in [0.2, 0.25) is 0 Å². The Morgan fingerprint density at radius 1 is 0.762 bits per heavy atom. The van der Waals surface area contributed by atoms with Gasteiger partial charge in [-0.25, -0.2) is 0 Å². The molecule has 0 aromatic heterocycles. The van der Waals surface area contributed by atoms with Gasteiger partial charge in [0.25, 0.3) is 0 Å². The number of rotatable bonds is 12. The summed E-state index contributed by atoms with van der Waals surface area (Å²) in [5.74, 6) is 0.250. The molecule has 0 spiro atoms. The third kappa shape index (κ3) is 7.74. The van der Waals surface area contributed by atoms with E-state index in [1.54, 1.807) is 0 Å². The smallest absolute Gasteiger partial charge is 0.315 e. The monoisotopic (exact) mass is 318 g/mol. The third-order valence-electron chi connectivity index (χ3n) is 3.81. The molecule has 0 aromatic carbocycles. The van der Waals surface area contributed by atoms with E-state index in [1.165, 1.54) is 51.4 Å². The lowest BCUT2D eigenvalue weighted by Gasteiger charge is -2.21. The van der Waals surface area contributed by atoms with Crippen LogP contribution in [0.1, 0.15) is 90.9 Å². The molecule has 0 N–H and O–H groups in total. The van der Waals surface area contributed by atoms with Crippen molar-refractivity contribution in [3.05, 3.63) is 11.5 Å². The van der Waals surface area contributed by atoms with Gasteiger partial charge in [-0.3, -0.25) is 0 Å². The van der Waals surface area contributed by atoms with Gasteiger partial charge >= 0.3 is 16.3 Å². The maximum atomic E-state index is 10.9. The van der Waals surface area contributed by atoms with Gasteiger partial charge in [-0.2, -0.15) is 0 Å². The first kappa shape index (κ1) is 18.3. The fourth-order valence-electron chi connectivity index (χ4n) is 2.52. The average molecular weight is 318 g/mol. The Labute approximate surface area is 130 Å². The molecule has 21 heavy (non-hydrogen) atoms. The molecule has 1 heterocycles. The highest BCUT2D eigenvalue weighted by atomic mass is 32.3. The van der Waals surface area contributed by atoms with Gasteiger partial charge in [0, 0.05) is 5.57 Å². The quantitative estimate of drug-likeness (QED) is 0.463. The molecule has 0 aromatic rings. The molecule has 0 bridgehead atoms. The molecule has 1 aliphatic heterocycles. The minimum absolute atomic E-state index is 0.250. The summed E-state index contributed by atoms with van der Waals surface area (Å²) in [4.78, 5) is 0. The third-order valence-corrected chi connectivity index (χ3v) is 4.52. The zero-order valence-electron chi connectivity index (χ0n) is 13.5. The van der Waals surface area contributed by atoms with Crippen LogP contribution in [-0.4, -0.2) is 8.42 Å². The summed E-state index contributed by atoms with van der Waals surface area (Å²) in [7, 11) is -3.71. The lowest BCUT2D eigenvalue weighted by molar-refractivity contribution is 0.112. The molecule has 0 atom stereocenters. The maximum absolute atomic E-state index is 10.9. The molecule has 0 radical (unpaired) electrons. The predicted molar refractivity (Wildman–Crippen MR) is 84.9 cm³/mol. The lowest BCUT2D eigenvalue weighted by atomic mass is 10.0. The van der Waals surface area contributed by atoms with E-state index in [1.807, 2.05) is 0 Å². The highest BCUT2D eigenvalue weighted by Gasteiger charge is 2.34. The first-order chi connectivity index (χ1) is 10.1. The zero-order valence-corrected chi connectivity index (χ0v) is 14.3. The van der Waals surface area contributed by atoms with Gasteiger partial charge in [0.05, 0.1) is 0 Å². The molecule has 0 unspecified atom stereocenters. The molecule has 1 rings (SSSR count). The van der Waals surface area contributed by atoms with Crippen LogP contribution in [0, 0.1) is 0 Å². The van der Waals surface area contributed by atoms with E-state index in [2.05, 4.69) is 13.8 Å². The Bertz CT molecular complexity index is 398.